The Morgan fingerprint density at radius 1 is 0.933 bits per heavy atom. The topological polar surface area (TPSA) is 61.9 Å². The van der Waals surface area contributed by atoms with Crippen molar-refractivity contribution in [2.75, 3.05) is 28.8 Å². The van der Waals surface area contributed by atoms with Crippen molar-refractivity contribution in [1.82, 2.24) is 0 Å². The molecule has 3 aromatic carbocycles. The van der Waals surface area contributed by atoms with E-state index in [2.05, 4.69) is 5.32 Å². The van der Waals surface area contributed by atoms with E-state index >= 15 is 0 Å². The summed E-state index contributed by atoms with van der Waals surface area (Å²) in [6.07, 6.45) is 0. The first kappa shape index (κ1) is 18.2. The SMILES string of the molecule is CCN1C(=O)[C@@]2(Nc3ccccc3C(=O)N2c2ccc(OC)cc2)c2ccccc21. The Morgan fingerprint density at radius 2 is 1.63 bits per heavy atom. The predicted molar refractivity (Wildman–Crippen MR) is 116 cm³/mol. The summed E-state index contributed by atoms with van der Waals surface area (Å²) in [5.74, 6) is 0.277. The Bertz CT molecular complexity index is 1160. The Balaban J connectivity index is 1.80. The largest absolute Gasteiger partial charge is 0.497 e. The van der Waals surface area contributed by atoms with Gasteiger partial charge < -0.3 is 15.0 Å². The summed E-state index contributed by atoms with van der Waals surface area (Å²) >= 11 is 0. The second-order valence-electron chi connectivity index (χ2n) is 7.29. The molecule has 5 rings (SSSR count). The Kier molecular flexibility index (Phi) is 4.03. The maximum Gasteiger partial charge on any atom is 0.279 e. The summed E-state index contributed by atoms with van der Waals surface area (Å²) in [4.78, 5) is 30.9. The number of hydrogen-bond acceptors (Lipinski definition) is 4. The normalized spacial score (nSPS) is 19.5. The number of para-hydroxylation sites is 2. The number of methoxy groups -OCH3 is 1. The molecule has 2 heterocycles. The van der Waals surface area contributed by atoms with Gasteiger partial charge in [0, 0.05) is 23.5 Å². The van der Waals surface area contributed by atoms with Crippen molar-refractivity contribution < 1.29 is 14.3 Å². The third-order valence-corrected chi connectivity index (χ3v) is 5.80. The summed E-state index contributed by atoms with van der Waals surface area (Å²) in [6, 6.07) is 22.1. The van der Waals surface area contributed by atoms with Gasteiger partial charge in [0.05, 0.1) is 18.4 Å². The average Bonchev–Trinajstić information content (AvgIpc) is 3.02. The zero-order valence-corrected chi connectivity index (χ0v) is 16.8. The third-order valence-electron chi connectivity index (χ3n) is 5.80. The molecule has 2 aliphatic rings. The van der Waals surface area contributed by atoms with Gasteiger partial charge in [-0.05, 0) is 49.4 Å². The molecule has 0 aliphatic carbocycles. The number of amides is 2. The fourth-order valence-corrected chi connectivity index (χ4v) is 4.43. The van der Waals surface area contributed by atoms with Gasteiger partial charge in [-0.15, -0.1) is 0 Å². The van der Waals surface area contributed by atoms with Gasteiger partial charge >= 0.3 is 0 Å². The molecule has 0 bridgehead atoms. The molecule has 0 saturated heterocycles. The van der Waals surface area contributed by atoms with Crippen molar-refractivity contribution in [2.45, 2.75) is 12.6 Å². The summed E-state index contributed by atoms with van der Waals surface area (Å²) in [7, 11) is 1.59. The predicted octanol–water partition coefficient (Wildman–Crippen LogP) is 3.99. The number of rotatable bonds is 3. The molecule has 1 N–H and O–H groups in total. The van der Waals surface area contributed by atoms with Crippen LogP contribution in [-0.2, 0) is 10.5 Å². The molecule has 150 valence electrons. The smallest absolute Gasteiger partial charge is 0.279 e. The highest BCUT2D eigenvalue weighted by atomic mass is 16.5. The second-order valence-corrected chi connectivity index (χ2v) is 7.29. The van der Waals surface area contributed by atoms with Crippen molar-refractivity contribution in [1.29, 1.82) is 0 Å². The fourth-order valence-electron chi connectivity index (χ4n) is 4.43. The minimum absolute atomic E-state index is 0.176. The number of fused-ring (bicyclic) bond motifs is 3. The fraction of sp³-hybridized carbons (Fsp3) is 0.167. The zero-order valence-electron chi connectivity index (χ0n) is 16.8. The number of anilines is 3. The van der Waals surface area contributed by atoms with E-state index in [9.17, 15) is 9.59 Å². The van der Waals surface area contributed by atoms with Crippen LogP contribution in [0, 0.1) is 0 Å². The van der Waals surface area contributed by atoms with Crippen LogP contribution in [0.4, 0.5) is 17.1 Å². The number of carbonyl (C=O) groups excluding carboxylic acids is 2. The van der Waals surface area contributed by atoms with Gasteiger partial charge in [0.1, 0.15) is 5.75 Å². The number of likely N-dealkylation sites (N-methyl/N-ethyl adjacent to an activating group) is 1. The van der Waals surface area contributed by atoms with E-state index in [1.807, 2.05) is 49.4 Å². The van der Waals surface area contributed by atoms with Gasteiger partial charge in [-0.25, -0.2) is 0 Å². The average molecular weight is 399 g/mol. The summed E-state index contributed by atoms with van der Waals surface area (Å²) < 4.78 is 5.27. The lowest BCUT2D eigenvalue weighted by molar-refractivity contribution is -0.122. The van der Waals surface area contributed by atoms with E-state index in [0.717, 1.165) is 11.3 Å². The molecule has 6 heteroatoms. The van der Waals surface area contributed by atoms with Gasteiger partial charge in [0.15, 0.2) is 0 Å². The van der Waals surface area contributed by atoms with Crippen molar-refractivity contribution in [3.8, 4) is 5.75 Å². The Morgan fingerprint density at radius 3 is 2.37 bits per heavy atom. The van der Waals surface area contributed by atoms with E-state index in [-0.39, 0.29) is 11.8 Å². The Hall–Kier alpha value is -3.80. The lowest BCUT2D eigenvalue weighted by atomic mass is 9.92. The van der Waals surface area contributed by atoms with Crippen LogP contribution in [0.1, 0.15) is 22.8 Å². The molecular formula is C24H21N3O3. The van der Waals surface area contributed by atoms with E-state index in [0.29, 0.717) is 29.2 Å². The summed E-state index contributed by atoms with van der Waals surface area (Å²) in [5, 5.41) is 3.43. The lowest BCUT2D eigenvalue weighted by Gasteiger charge is -2.45. The number of carbonyl (C=O) groups is 2. The molecule has 0 unspecified atom stereocenters. The van der Waals surface area contributed by atoms with E-state index < -0.39 is 5.66 Å². The minimum atomic E-state index is -1.35. The minimum Gasteiger partial charge on any atom is -0.497 e. The number of hydrogen-bond donors (Lipinski definition) is 1. The van der Waals surface area contributed by atoms with Crippen LogP contribution in [0.3, 0.4) is 0 Å². The monoisotopic (exact) mass is 399 g/mol. The van der Waals surface area contributed by atoms with Crippen molar-refractivity contribution >= 4 is 28.9 Å². The van der Waals surface area contributed by atoms with Crippen LogP contribution >= 0.6 is 0 Å². The van der Waals surface area contributed by atoms with Gasteiger partial charge in [-0.1, -0.05) is 30.3 Å². The van der Waals surface area contributed by atoms with Crippen LogP contribution in [-0.4, -0.2) is 25.5 Å². The summed E-state index contributed by atoms with van der Waals surface area (Å²) in [6.45, 7) is 2.44. The number of ether oxygens (including phenoxy) is 1. The second kappa shape index (κ2) is 6.62. The molecule has 0 radical (unpaired) electrons. The first-order chi connectivity index (χ1) is 14.6. The van der Waals surface area contributed by atoms with Gasteiger partial charge in [-0.3, -0.25) is 14.5 Å². The number of benzene rings is 3. The standard InChI is InChI=1S/C24H21N3O3/c1-3-26-21-11-7-5-9-19(21)24(23(26)29)25-20-10-6-4-8-18(20)22(28)27(24)16-12-14-17(30-2)15-13-16/h4-15,25H,3H2,1-2H3/t24-/m1/s1. The van der Waals surface area contributed by atoms with E-state index in [1.165, 1.54) is 0 Å². The quantitative estimate of drug-likeness (QED) is 0.724. The number of nitrogens with zero attached hydrogens (tertiary/aromatic N) is 2. The van der Waals surface area contributed by atoms with Gasteiger partial charge in [0.25, 0.3) is 11.8 Å². The summed E-state index contributed by atoms with van der Waals surface area (Å²) in [5.41, 5.74) is 2.00. The number of nitrogens with one attached hydrogen (secondary N) is 1. The maximum absolute atomic E-state index is 13.9. The zero-order chi connectivity index (χ0) is 20.9. The lowest BCUT2D eigenvalue weighted by Crippen LogP contribution is -2.63. The molecule has 1 atom stereocenters. The van der Waals surface area contributed by atoms with Crippen LogP contribution in [0.2, 0.25) is 0 Å². The molecule has 2 amide bonds. The molecule has 30 heavy (non-hydrogen) atoms. The van der Waals surface area contributed by atoms with Crippen molar-refractivity contribution in [3.05, 3.63) is 83.9 Å². The van der Waals surface area contributed by atoms with Crippen LogP contribution < -0.4 is 19.9 Å². The van der Waals surface area contributed by atoms with Gasteiger partial charge in [-0.2, -0.15) is 0 Å². The molecule has 0 fully saturated rings. The molecule has 3 aromatic rings. The van der Waals surface area contributed by atoms with Crippen LogP contribution in [0.15, 0.2) is 72.8 Å². The van der Waals surface area contributed by atoms with Crippen molar-refractivity contribution in [2.24, 2.45) is 0 Å². The molecule has 1 spiro atoms. The van der Waals surface area contributed by atoms with Gasteiger partial charge in [0.2, 0.25) is 5.66 Å². The highest BCUT2D eigenvalue weighted by Crippen LogP contribution is 2.49. The maximum atomic E-state index is 13.9. The molecular weight excluding hydrogens is 378 g/mol. The van der Waals surface area contributed by atoms with E-state index in [4.69, 9.17) is 4.74 Å². The molecule has 6 nitrogen and oxygen atoms in total. The third kappa shape index (κ3) is 2.30. The van der Waals surface area contributed by atoms with E-state index in [1.54, 1.807) is 47.2 Å². The van der Waals surface area contributed by atoms with Crippen LogP contribution in [0.5, 0.6) is 5.75 Å². The molecule has 0 saturated carbocycles. The first-order valence-electron chi connectivity index (χ1n) is 9.89. The van der Waals surface area contributed by atoms with Crippen molar-refractivity contribution in [3.63, 3.8) is 0 Å². The first-order valence-corrected chi connectivity index (χ1v) is 9.89. The van der Waals surface area contributed by atoms with Crippen LogP contribution in [0.25, 0.3) is 0 Å². The Labute approximate surface area is 174 Å². The molecule has 0 aromatic heterocycles. The highest BCUT2D eigenvalue weighted by Gasteiger charge is 2.59. The highest BCUT2D eigenvalue weighted by molar-refractivity contribution is 6.22. The molecule has 2 aliphatic heterocycles.